The summed E-state index contributed by atoms with van der Waals surface area (Å²) in [6, 6.07) is -1.27. The average molecular weight is 754 g/mol. The lowest BCUT2D eigenvalue weighted by Gasteiger charge is -2.61. The van der Waals surface area contributed by atoms with Gasteiger partial charge in [0.2, 0.25) is 5.91 Å². The molecule has 6 fully saturated rings. The lowest BCUT2D eigenvalue weighted by Crippen LogP contribution is -2.67. The lowest BCUT2D eigenvalue weighted by atomic mass is 9.44. The molecule has 0 radical (unpaired) electrons. The second-order valence-electron chi connectivity index (χ2n) is 18.7. The second kappa shape index (κ2) is 17.3. The largest absolute Gasteiger partial charge is 0.394 e. The van der Waals surface area contributed by atoms with Crippen LogP contribution in [0.2, 0.25) is 0 Å². The van der Waals surface area contributed by atoms with E-state index in [0.717, 1.165) is 42.4 Å². The van der Waals surface area contributed by atoms with Crippen molar-refractivity contribution in [2.75, 3.05) is 19.8 Å². The summed E-state index contributed by atoms with van der Waals surface area (Å²) in [6.07, 6.45) is 4.90. The van der Waals surface area contributed by atoms with Crippen LogP contribution in [0, 0.1) is 52.3 Å². The summed E-state index contributed by atoms with van der Waals surface area (Å²) in [6.45, 7) is 10.2. The summed E-state index contributed by atoms with van der Waals surface area (Å²) in [5, 5.41) is 65.4. The number of amides is 1. The third kappa shape index (κ3) is 8.25. The fourth-order valence-corrected chi connectivity index (χ4v) is 12.7. The molecule has 306 valence electrons. The Morgan fingerprint density at radius 2 is 1.49 bits per heavy atom. The molecule has 0 aromatic carbocycles. The van der Waals surface area contributed by atoms with Crippen molar-refractivity contribution in [2.45, 2.75) is 179 Å². The molecule has 2 heterocycles. The van der Waals surface area contributed by atoms with Crippen LogP contribution in [0.3, 0.4) is 0 Å². The first-order chi connectivity index (χ1) is 25.2. The van der Waals surface area contributed by atoms with E-state index < -0.39 is 80.5 Å². The number of rotatable bonds is 13. The smallest absolute Gasteiger partial charge is 0.217 e. The van der Waals surface area contributed by atoms with Gasteiger partial charge >= 0.3 is 0 Å². The molecule has 12 heteroatoms. The highest BCUT2D eigenvalue weighted by atomic mass is 16.7. The Morgan fingerprint density at radius 1 is 0.792 bits per heavy atom. The number of hydrogen-bond acceptors (Lipinski definition) is 11. The Labute approximate surface area is 316 Å². The molecule has 6 rings (SSSR count). The molecule has 4 aliphatic carbocycles. The normalized spacial score (nSPS) is 48.2. The van der Waals surface area contributed by atoms with Crippen LogP contribution in [0.25, 0.3) is 0 Å². The molecule has 1 amide bonds. The minimum absolute atomic E-state index is 0.165. The first-order valence-electron chi connectivity index (χ1n) is 21.0. The van der Waals surface area contributed by atoms with Crippen molar-refractivity contribution < 1.29 is 54.4 Å². The first kappa shape index (κ1) is 41.7. The van der Waals surface area contributed by atoms with Crippen LogP contribution < -0.4 is 5.32 Å². The van der Waals surface area contributed by atoms with Crippen molar-refractivity contribution in [3.8, 4) is 0 Å². The van der Waals surface area contributed by atoms with Crippen molar-refractivity contribution in [1.82, 2.24) is 5.32 Å². The average Bonchev–Trinajstić information content (AvgIpc) is 3.49. The zero-order valence-corrected chi connectivity index (χ0v) is 32.9. The highest BCUT2D eigenvalue weighted by Gasteiger charge is 2.60. The van der Waals surface area contributed by atoms with Crippen molar-refractivity contribution in [3.63, 3.8) is 0 Å². The molecule has 0 aromatic heterocycles. The quantitative estimate of drug-likeness (QED) is 0.146. The lowest BCUT2D eigenvalue weighted by molar-refractivity contribution is -0.348. The molecule has 2 aliphatic heterocycles. The summed E-state index contributed by atoms with van der Waals surface area (Å²) in [7, 11) is 0. The molecule has 2 saturated heterocycles. The molecule has 1 unspecified atom stereocenters. The van der Waals surface area contributed by atoms with Gasteiger partial charge in [0.15, 0.2) is 12.6 Å². The van der Waals surface area contributed by atoms with E-state index >= 15 is 0 Å². The summed E-state index contributed by atoms with van der Waals surface area (Å²) >= 11 is 0. The van der Waals surface area contributed by atoms with E-state index in [0.29, 0.717) is 16.7 Å². The van der Waals surface area contributed by atoms with E-state index in [1.165, 1.54) is 77.6 Å². The van der Waals surface area contributed by atoms with Gasteiger partial charge in [0.1, 0.15) is 48.8 Å². The summed E-state index contributed by atoms with van der Waals surface area (Å²) in [4.78, 5) is 11.9. The molecule has 4 saturated carbocycles. The molecular weight excluding hydrogens is 682 g/mol. The monoisotopic (exact) mass is 754 g/mol. The van der Waals surface area contributed by atoms with Crippen LogP contribution in [-0.2, 0) is 23.7 Å². The molecule has 19 atom stereocenters. The minimum Gasteiger partial charge on any atom is -0.394 e. The maximum atomic E-state index is 11.9. The summed E-state index contributed by atoms with van der Waals surface area (Å²) in [5.41, 5.74) is 1.03. The SMILES string of the molecule is CC(=O)N[C@H]1[C@H](O[C@H]2[C@@H](O)[C@@H](CO)O[C@@H](OCC(C)CCC[C@@H](C)[C@H]3CC[C@H]4[C@@H]5CC[C@H]6CCCC[C@]6(C)[C@H]5CC[C@]34C)[C@@H]2O)O[C@H](CO)[C@@H](O)[C@@H]1O. The minimum atomic E-state index is -1.56. The molecule has 0 spiro atoms. The van der Waals surface area contributed by atoms with Gasteiger partial charge < -0.3 is 54.9 Å². The van der Waals surface area contributed by atoms with Gasteiger partial charge in [-0.05, 0) is 110 Å². The molecular formula is C41H71NO11. The number of fused-ring (bicyclic) bond motifs is 5. The number of nitrogens with one attached hydrogen (secondary N) is 1. The zero-order chi connectivity index (χ0) is 38.2. The van der Waals surface area contributed by atoms with Crippen molar-refractivity contribution in [2.24, 2.45) is 52.3 Å². The third-order valence-corrected chi connectivity index (χ3v) is 15.6. The van der Waals surface area contributed by atoms with E-state index in [9.17, 15) is 35.4 Å². The van der Waals surface area contributed by atoms with E-state index in [4.69, 9.17) is 18.9 Å². The Balaban J connectivity index is 0.996. The third-order valence-electron chi connectivity index (χ3n) is 15.6. The van der Waals surface area contributed by atoms with Crippen molar-refractivity contribution in [1.29, 1.82) is 0 Å². The molecule has 6 aliphatic rings. The van der Waals surface area contributed by atoms with Crippen LogP contribution in [0.1, 0.15) is 118 Å². The van der Waals surface area contributed by atoms with Gasteiger partial charge in [0.25, 0.3) is 0 Å². The molecule has 0 aromatic rings. The van der Waals surface area contributed by atoms with Crippen LogP contribution in [0.15, 0.2) is 0 Å². The Kier molecular flexibility index (Phi) is 13.6. The number of hydrogen-bond donors (Lipinski definition) is 7. The first-order valence-corrected chi connectivity index (χ1v) is 21.0. The Bertz CT molecular complexity index is 1210. The predicted octanol–water partition coefficient (Wildman–Crippen LogP) is 3.26. The van der Waals surface area contributed by atoms with Crippen LogP contribution in [0.5, 0.6) is 0 Å². The van der Waals surface area contributed by atoms with Gasteiger partial charge in [-0.3, -0.25) is 4.79 Å². The fraction of sp³-hybridized carbons (Fsp3) is 0.976. The van der Waals surface area contributed by atoms with Gasteiger partial charge in [-0.1, -0.05) is 53.4 Å². The Morgan fingerprint density at radius 3 is 2.21 bits per heavy atom. The van der Waals surface area contributed by atoms with E-state index in [1.807, 2.05) is 0 Å². The Hall–Kier alpha value is -0.930. The van der Waals surface area contributed by atoms with Crippen LogP contribution >= 0.6 is 0 Å². The highest BCUT2D eigenvalue weighted by Crippen LogP contribution is 2.68. The highest BCUT2D eigenvalue weighted by molar-refractivity contribution is 5.73. The number of carbonyl (C=O) groups excluding carboxylic acids is 1. The number of ether oxygens (including phenoxy) is 4. The van der Waals surface area contributed by atoms with Crippen molar-refractivity contribution >= 4 is 5.91 Å². The molecule has 53 heavy (non-hydrogen) atoms. The van der Waals surface area contributed by atoms with E-state index in [2.05, 4.69) is 33.0 Å². The molecule has 12 nitrogen and oxygen atoms in total. The molecule has 0 bridgehead atoms. The molecule has 7 N–H and O–H groups in total. The van der Waals surface area contributed by atoms with Gasteiger partial charge in [0.05, 0.1) is 19.8 Å². The van der Waals surface area contributed by atoms with E-state index in [-0.39, 0.29) is 12.5 Å². The predicted molar refractivity (Wildman–Crippen MR) is 196 cm³/mol. The summed E-state index contributed by atoms with van der Waals surface area (Å²) < 4.78 is 23.4. The topological polar surface area (TPSA) is 187 Å². The van der Waals surface area contributed by atoms with Gasteiger partial charge in [-0.2, -0.15) is 0 Å². The standard InChI is InChI=1S/C41H71NO11/c1-22(9-8-10-23(2)27-14-15-28-26-13-12-25-11-6-7-17-40(25,4)29(26)16-18-41(27,28)5)21-50-39-36(49)37(34(47)31(20-44)52-39)53-38-32(42-24(3)45)35(48)33(46)30(19-43)51-38/h22-23,25-39,43-44,46-49H,6-21H2,1-5H3,(H,42,45)/t22?,23-,25-,26+,27-,28+,29+,30-,31-,32-,33-,34+,35-,36-,37+,38+,39-,40+,41-/m1/s1. The zero-order valence-electron chi connectivity index (χ0n) is 32.9. The van der Waals surface area contributed by atoms with Crippen molar-refractivity contribution in [3.05, 3.63) is 0 Å². The second-order valence-corrected chi connectivity index (χ2v) is 18.7. The van der Waals surface area contributed by atoms with Gasteiger partial charge in [0, 0.05) is 6.92 Å². The maximum absolute atomic E-state index is 11.9. The number of aliphatic hydroxyl groups is 6. The summed E-state index contributed by atoms with van der Waals surface area (Å²) in [5.74, 6) is 4.76. The van der Waals surface area contributed by atoms with Crippen LogP contribution in [-0.4, -0.2) is 118 Å². The fourth-order valence-electron chi connectivity index (χ4n) is 12.7. The van der Waals surface area contributed by atoms with Gasteiger partial charge in [-0.25, -0.2) is 0 Å². The number of carbonyl (C=O) groups is 1. The van der Waals surface area contributed by atoms with Crippen LogP contribution in [0.4, 0.5) is 0 Å². The van der Waals surface area contributed by atoms with Gasteiger partial charge in [-0.15, -0.1) is 0 Å². The number of aliphatic hydroxyl groups excluding tert-OH is 6. The van der Waals surface area contributed by atoms with E-state index in [1.54, 1.807) is 0 Å². The maximum Gasteiger partial charge on any atom is 0.217 e.